The summed E-state index contributed by atoms with van der Waals surface area (Å²) in [5.41, 5.74) is 1.50. The lowest BCUT2D eigenvalue weighted by Crippen LogP contribution is -2.00. The van der Waals surface area contributed by atoms with E-state index in [1.54, 1.807) is 6.07 Å². The second-order valence-corrected chi connectivity index (χ2v) is 3.19. The summed E-state index contributed by atoms with van der Waals surface area (Å²) in [7, 11) is 0. The molecule has 0 unspecified atom stereocenters. The minimum absolute atomic E-state index is 0.0537. The number of halogens is 2. The highest BCUT2D eigenvalue weighted by Crippen LogP contribution is 2.14. The van der Waals surface area contributed by atoms with Crippen LogP contribution in [-0.2, 0) is 17.1 Å². The molecule has 0 radical (unpaired) electrons. The standard InChI is InChI=1S/C10H10ClFO/c1-7(13)4-8-2-3-10(12)5-9(8)6-11/h2-3,5H,4,6H2,1H3. The summed E-state index contributed by atoms with van der Waals surface area (Å²) in [4.78, 5) is 10.8. The number of hydrogen-bond acceptors (Lipinski definition) is 1. The van der Waals surface area contributed by atoms with Crippen molar-refractivity contribution in [1.29, 1.82) is 0 Å². The van der Waals surface area contributed by atoms with Gasteiger partial charge in [0, 0.05) is 12.3 Å². The Labute approximate surface area is 81.5 Å². The summed E-state index contributed by atoms with van der Waals surface area (Å²) in [5.74, 6) is -0.0265. The minimum atomic E-state index is -0.317. The van der Waals surface area contributed by atoms with Crippen molar-refractivity contribution in [2.45, 2.75) is 19.2 Å². The summed E-state index contributed by atoms with van der Waals surface area (Å²) in [6.07, 6.45) is 0.322. The van der Waals surface area contributed by atoms with E-state index in [9.17, 15) is 9.18 Å². The van der Waals surface area contributed by atoms with Crippen LogP contribution in [0.5, 0.6) is 0 Å². The van der Waals surface area contributed by atoms with Gasteiger partial charge in [0.2, 0.25) is 0 Å². The van der Waals surface area contributed by atoms with Gasteiger partial charge in [0.15, 0.2) is 0 Å². The molecule has 0 aromatic heterocycles. The van der Waals surface area contributed by atoms with Crippen molar-refractivity contribution in [1.82, 2.24) is 0 Å². The summed E-state index contributed by atoms with van der Waals surface area (Å²) in [6.45, 7) is 1.50. The van der Waals surface area contributed by atoms with Crippen LogP contribution >= 0.6 is 11.6 Å². The van der Waals surface area contributed by atoms with E-state index >= 15 is 0 Å². The first-order valence-corrected chi connectivity index (χ1v) is 4.49. The molecule has 0 heterocycles. The molecule has 1 aromatic carbocycles. The SMILES string of the molecule is CC(=O)Cc1ccc(F)cc1CCl. The third kappa shape index (κ3) is 2.81. The minimum Gasteiger partial charge on any atom is -0.300 e. The molecule has 0 spiro atoms. The van der Waals surface area contributed by atoms with Gasteiger partial charge in [-0.25, -0.2) is 4.39 Å². The predicted octanol–water partition coefficient (Wildman–Crippen LogP) is 2.70. The van der Waals surface area contributed by atoms with E-state index in [-0.39, 0.29) is 17.5 Å². The maximum atomic E-state index is 12.7. The fourth-order valence-corrected chi connectivity index (χ4v) is 1.41. The van der Waals surface area contributed by atoms with E-state index < -0.39 is 0 Å². The Hall–Kier alpha value is -0.890. The normalized spacial score (nSPS) is 10.1. The van der Waals surface area contributed by atoms with Gasteiger partial charge in [-0.1, -0.05) is 6.07 Å². The van der Waals surface area contributed by atoms with Gasteiger partial charge < -0.3 is 0 Å². The number of Topliss-reactive ketones (excluding diaryl/α,β-unsaturated/α-hetero) is 1. The van der Waals surface area contributed by atoms with E-state index in [1.165, 1.54) is 19.1 Å². The molecule has 0 fully saturated rings. The van der Waals surface area contributed by atoms with Crippen molar-refractivity contribution in [3.05, 3.63) is 35.1 Å². The molecule has 0 aliphatic rings. The number of ketones is 1. The van der Waals surface area contributed by atoms with E-state index in [4.69, 9.17) is 11.6 Å². The van der Waals surface area contributed by atoms with Crippen molar-refractivity contribution in [3.8, 4) is 0 Å². The summed E-state index contributed by atoms with van der Waals surface area (Å²) in [6, 6.07) is 4.31. The van der Waals surface area contributed by atoms with Crippen molar-refractivity contribution < 1.29 is 9.18 Å². The number of rotatable bonds is 3. The van der Waals surface area contributed by atoms with Gasteiger partial charge in [-0.2, -0.15) is 0 Å². The second-order valence-electron chi connectivity index (χ2n) is 2.93. The van der Waals surface area contributed by atoms with Crippen LogP contribution in [0.1, 0.15) is 18.1 Å². The van der Waals surface area contributed by atoms with Crippen LogP contribution in [0.3, 0.4) is 0 Å². The molecule has 0 amide bonds. The first-order valence-electron chi connectivity index (χ1n) is 3.96. The van der Waals surface area contributed by atoms with E-state index in [2.05, 4.69) is 0 Å². The first-order chi connectivity index (χ1) is 6.13. The highest BCUT2D eigenvalue weighted by molar-refractivity contribution is 6.17. The van der Waals surface area contributed by atoms with E-state index in [0.717, 1.165) is 5.56 Å². The van der Waals surface area contributed by atoms with Gasteiger partial charge in [0.25, 0.3) is 0 Å². The fraction of sp³-hybridized carbons (Fsp3) is 0.300. The zero-order valence-electron chi connectivity index (χ0n) is 7.31. The van der Waals surface area contributed by atoms with Gasteiger partial charge in [-0.05, 0) is 30.2 Å². The molecule has 3 heteroatoms. The number of carbonyl (C=O) groups excluding carboxylic acids is 1. The number of hydrogen-bond donors (Lipinski definition) is 0. The van der Waals surface area contributed by atoms with Crippen LogP contribution in [0.25, 0.3) is 0 Å². The van der Waals surface area contributed by atoms with Crippen molar-refractivity contribution in [3.63, 3.8) is 0 Å². The molecule has 70 valence electrons. The summed E-state index contributed by atoms with van der Waals surface area (Å²) in [5, 5.41) is 0. The van der Waals surface area contributed by atoms with Crippen LogP contribution in [0.4, 0.5) is 4.39 Å². The molecule has 0 aliphatic heterocycles. The predicted molar refractivity (Wildman–Crippen MR) is 50.3 cm³/mol. The molecule has 13 heavy (non-hydrogen) atoms. The number of benzene rings is 1. The molecule has 0 saturated carbocycles. The average molecular weight is 201 g/mol. The Morgan fingerprint density at radius 3 is 2.69 bits per heavy atom. The van der Waals surface area contributed by atoms with Gasteiger partial charge in [-0.15, -0.1) is 11.6 Å². The zero-order valence-corrected chi connectivity index (χ0v) is 8.07. The molecular weight excluding hydrogens is 191 g/mol. The molecule has 0 saturated heterocycles. The molecule has 1 nitrogen and oxygen atoms in total. The quantitative estimate of drug-likeness (QED) is 0.686. The largest absolute Gasteiger partial charge is 0.300 e. The van der Waals surface area contributed by atoms with Crippen molar-refractivity contribution in [2.24, 2.45) is 0 Å². The van der Waals surface area contributed by atoms with Crippen molar-refractivity contribution in [2.75, 3.05) is 0 Å². The van der Waals surface area contributed by atoms with Gasteiger partial charge in [-0.3, -0.25) is 4.79 Å². The number of alkyl halides is 1. The Morgan fingerprint density at radius 1 is 1.46 bits per heavy atom. The third-order valence-corrected chi connectivity index (χ3v) is 2.04. The number of carbonyl (C=O) groups is 1. The lowest BCUT2D eigenvalue weighted by molar-refractivity contribution is -0.116. The van der Waals surface area contributed by atoms with Gasteiger partial charge in [0.05, 0.1) is 0 Å². The van der Waals surface area contributed by atoms with Crippen LogP contribution in [0.2, 0.25) is 0 Å². The average Bonchev–Trinajstić information content (AvgIpc) is 2.07. The third-order valence-electron chi connectivity index (χ3n) is 1.75. The second kappa shape index (κ2) is 4.38. The lowest BCUT2D eigenvalue weighted by Gasteiger charge is -2.04. The molecule has 0 aliphatic carbocycles. The molecular formula is C10H10ClFO. The molecule has 1 rings (SSSR count). The zero-order chi connectivity index (χ0) is 9.84. The Bertz CT molecular complexity index is 323. The highest BCUT2D eigenvalue weighted by atomic mass is 35.5. The summed E-state index contributed by atoms with van der Waals surface area (Å²) >= 11 is 5.61. The Balaban J connectivity index is 2.99. The Kier molecular flexibility index (Phi) is 3.43. The smallest absolute Gasteiger partial charge is 0.134 e. The van der Waals surface area contributed by atoms with E-state index in [0.29, 0.717) is 12.0 Å². The Morgan fingerprint density at radius 2 is 2.15 bits per heavy atom. The van der Waals surface area contributed by atoms with Crippen LogP contribution < -0.4 is 0 Å². The molecule has 1 aromatic rings. The van der Waals surface area contributed by atoms with Gasteiger partial charge >= 0.3 is 0 Å². The van der Waals surface area contributed by atoms with Gasteiger partial charge in [0.1, 0.15) is 11.6 Å². The van der Waals surface area contributed by atoms with Crippen LogP contribution in [0, 0.1) is 5.82 Å². The first kappa shape index (κ1) is 10.2. The molecule has 0 bridgehead atoms. The van der Waals surface area contributed by atoms with E-state index in [1.807, 2.05) is 0 Å². The van der Waals surface area contributed by atoms with Crippen LogP contribution in [0.15, 0.2) is 18.2 Å². The maximum Gasteiger partial charge on any atom is 0.134 e. The molecule has 0 atom stereocenters. The monoisotopic (exact) mass is 200 g/mol. The summed E-state index contributed by atoms with van der Waals surface area (Å²) < 4.78 is 12.7. The van der Waals surface area contributed by atoms with Crippen LogP contribution in [-0.4, -0.2) is 5.78 Å². The molecule has 0 N–H and O–H groups in total. The maximum absolute atomic E-state index is 12.7. The highest BCUT2D eigenvalue weighted by Gasteiger charge is 2.05. The topological polar surface area (TPSA) is 17.1 Å². The fourth-order valence-electron chi connectivity index (χ4n) is 1.16. The lowest BCUT2D eigenvalue weighted by atomic mass is 10.0. The van der Waals surface area contributed by atoms with Crippen molar-refractivity contribution >= 4 is 17.4 Å².